The molecule has 8 heteroatoms. The lowest BCUT2D eigenvalue weighted by Crippen LogP contribution is -2.26. The fraction of sp³-hybridized carbons (Fsp3) is 0.300. The molecule has 28 heavy (non-hydrogen) atoms. The van der Waals surface area contributed by atoms with E-state index in [4.69, 9.17) is 9.51 Å². The molecule has 142 valence electrons. The Labute approximate surface area is 169 Å². The van der Waals surface area contributed by atoms with Crippen molar-refractivity contribution in [2.45, 2.75) is 42.6 Å². The summed E-state index contributed by atoms with van der Waals surface area (Å²) < 4.78 is 7.29. The zero-order valence-corrected chi connectivity index (χ0v) is 16.7. The zero-order valence-electron chi connectivity index (χ0n) is 15.1. The van der Waals surface area contributed by atoms with Crippen LogP contribution in [0.25, 0.3) is 21.6 Å². The molecule has 5 rings (SSSR count). The summed E-state index contributed by atoms with van der Waals surface area (Å²) >= 11 is 3.06. The molecule has 0 N–H and O–H groups in total. The molecular formula is C20H18N4O2S2. The summed E-state index contributed by atoms with van der Waals surface area (Å²) in [6, 6.07) is 11.7. The average Bonchev–Trinajstić information content (AvgIpc) is 3.48. The van der Waals surface area contributed by atoms with E-state index in [1.165, 1.54) is 11.8 Å². The second-order valence-corrected chi connectivity index (χ2v) is 8.69. The highest BCUT2D eigenvalue weighted by molar-refractivity contribution is 7.98. The van der Waals surface area contributed by atoms with E-state index < -0.39 is 0 Å². The predicted octanol–water partition coefficient (Wildman–Crippen LogP) is 4.92. The number of aromatic nitrogens is 4. The van der Waals surface area contributed by atoms with Gasteiger partial charge in [-0.3, -0.25) is 9.36 Å². The van der Waals surface area contributed by atoms with Crippen molar-refractivity contribution < 1.29 is 4.52 Å². The van der Waals surface area contributed by atoms with Crippen molar-refractivity contribution in [3.05, 3.63) is 58.0 Å². The highest BCUT2D eigenvalue weighted by Gasteiger charge is 2.23. The maximum absolute atomic E-state index is 13.2. The van der Waals surface area contributed by atoms with E-state index in [0.717, 1.165) is 41.2 Å². The van der Waals surface area contributed by atoms with Crippen LogP contribution >= 0.6 is 23.1 Å². The highest BCUT2D eigenvalue weighted by atomic mass is 32.2. The summed E-state index contributed by atoms with van der Waals surface area (Å²) in [5.74, 6) is 1.62. The smallest absolute Gasteiger partial charge is 0.262 e. The number of thiophene rings is 1. The number of hydrogen-bond acceptors (Lipinski definition) is 7. The summed E-state index contributed by atoms with van der Waals surface area (Å²) in [6.07, 6.45) is 4.36. The standard InChI is InChI=1S/C20H18N4O2S2/c25-19-14-8-3-4-9-15(14)21-20(24(19)13-6-1-2-7-13)28-12-17-22-18(23-26-17)16-10-5-11-27-16/h3-5,8-11,13H,1-2,6-7,12H2. The van der Waals surface area contributed by atoms with Crippen LogP contribution in [0.15, 0.2) is 56.3 Å². The maximum Gasteiger partial charge on any atom is 0.262 e. The van der Waals surface area contributed by atoms with Crippen molar-refractivity contribution in [2.24, 2.45) is 0 Å². The van der Waals surface area contributed by atoms with Gasteiger partial charge in [-0.05, 0) is 36.4 Å². The number of nitrogens with zero attached hydrogens (tertiary/aromatic N) is 4. The molecule has 4 aromatic rings. The fourth-order valence-electron chi connectivity index (χ4n) is 3.66. The number of benzene rings is 1. The lowest BCUT2D eigenvalue weighted by Gasteiger charge is -2.18. The van der Waals surface area contributed by atoms with Gasteiger partial charge in [0.05, 0.1) is 21.5 Å². The molecule has 0 bridgehead atoms. The summed E-state index contributed by atoms with van der Waals surface area (Å²) in [6.45, 7) is 0. The summed E-state index contributed by atoms with van der Waals surface area (Å²) in [4.78, 5) is 23.4. The topological polar surface area (TPSA) is 73.8 Å². The van der Waals surface area contributed by atoms with E-state index in [1.807, 2.05) is 46.3 Å². The molecule has 1 aromatic carbocycles. The quantitative estimate of drug-likeness (QED) is 0.344. The van der Waals surface area contributed by atoms with Crippen LogP contribution in [0.4, 0.5) is 0 Å². The van der Waals surface area contributed by atoms with Gasteiger partial charge in [-0.15, -0.1) is 11.3 Å². The number of thioether (sulfide) groups is 1. The normalized spacial score (nSPS) is 14.9. The minimum absolute atomic E-state index is 0.0461. The third-order valence-electron chi connectivity index (χ3n) is 5.00. The van der Waals surface area contributed by atoms with Crippen LogP contribution in [0.1, 0.15) is 37.6 Å². The SMILES string of the molecule is O=c1c2ccccc2nc(SCc2nc(-c3cccs3)no2)n1C1CCCC1. The first-order valence-corrected chi connectivity index (χ1v) is 11.2. The molecule has 6 nitrogen and oxygen atoms in total. The van der Waals surface area contributed by atoms with E-state index in [2.05, 4.69) is 10.1 Å². The van der Waals surface area contributed by atoms with Gasteiger partial charge in [-0.25, -0.2) is 4.98 Å². The zero-order chi connectivity index (χ0) is 18.9. The van der Waals surface area contributed by atoms with Crippen LogP contribution in [0.3, 0.4) is 0 Å². The van der Waals surface area contributed by atoms with Gasteiger partial charge in [0.15, 0.2) is 5.16 Å². The van der Waals surface area contributed by atoms with Gasteiger partial charge in [-0.2, -0.15) is 4.98 Å². The monoisotopic (exact) mass is 410 g/mol. The fourth-order valence-corrected chi connectivity index (χ4v) is 5.21. The Kier molecular flexibility index (Phi) is 4.74. The Balaban J connectivity index is 1.48. The van der Waals surface area contributed by atoms with E-state index in [-0.39, 0.29) is 11.6 Å². The summed E-state index contributed by atoms with van der Waals surface area (Å²) in [5, 5.41) is 7.45. The van der Waals surface area contributed by atoms with Crippen LogP contribution in [-0.2, 0) is 5.75 Å². The van der Waals surface area contributed by atoms with E-state index in [9.17, 15) is 4.79 Å². The predicted molar refractivity (Wildman–Crippen MR) is 111 cm³/mol. The van der Waals surface area contributed by atoms with Crippen LogP contribution < -0.4 is 5.56 Å². The van der Waals surface area contributed by atoms with Crippen LogP contribution in [0.2, 0.25) is 0 Å². The molecule has 0 radical (unpaired) electrons. The Bertz CT molecular complexity index is 1160. The first kappa shape index (κ1) is 17.6. The number of fused-ring (bicyclic) bond motifs is 1. The Morgan fingerprint density at radius 3 is 2.82 bits per heavy atom. The molecule has 1 aliphatic rings. The van der Waals surface area contributed by atoms with Crippen molar-refractivity contribution in [3.63, 3.8) is 0 Å². The third kappa shape index (κ3) is 3.27. The maximum atomic E-state index is 13.2. The lowest BCUT2D eigenvalue weighted by atomic mass is 10.2. The van der Waals surface area contributed by atoms with Crippen molar-refractivity contribution in [2.75, 3.05) is 0 Å². The molecule has 1 aliphatic carbocycles. The Morgan fingerprint density at radius 2 is 2.00 bits per heavy atom. The van der Waals surface area contributed by atoms with Gasteiger partial charge >= 0.3 is 0 Å². The van der Waals surface area contributed by atoms with Gasteiger partial charge in [0.1, 0.15) is 0 Å². The molecule has 3 aromatic heterocycles. The minimum atomic E-state index is 0.0461. The summed E-state index contributed by atoms with van der Waals surface area (Å²) in [5.41, 5.74) is 0.777. The Morgan fingerprint density at radius 1 is 1.14 bits per heavy atom. The van der Waals surface area contributed by atoms with Crippen LogP contribution in [0.5, 0.6) is 0 Å². The van der Waals surface area contributed by atoms with Gasteiger partial charge < -0.3 is 4.52 Å². The van der Waals surface area contributed by atoms with Gasteiger partial charge in [0, 0.05) is 6.04 Å². The van der Waals surface area contributed by atoms with Crippen molar-refractivity contribution in [3.8, 4) is 10.7 Å². The van der Waals surface area contributed by atoms with Gasteiger partial charge in [0.2, 0.25) is 11.7 Å². The van der Waals surface area contributed by atoms with Crippen molar-refractivity contribution in [1.82, 2.24) is 19.7 Å². The largest absolute Gasteiger partial charge is 0.338 e. The lowest BCUT2D eigenvalue weighted by molar-refractivity contribution is 0.391. The second-order valence-electron chi connectivity index (χ2n) is 6.80. The van der Waals surface area contributed by atoms with Crippen molar-refractivity contribution in [1.29, 1.82) is 0 Å². The molecule has 1 saturated carbocycles. The third-order valence-corrected chi connectivity index (χ3v) is 6.80. The van der Waals surface area contributed by atoms with Gasteiger partial charge in [-0.1, -0.05) is 48.0 Å². The van der Waals surface area contributed by atoms with Gasteiger partial charge in [0.25, 0.3) is 5.56 Å². The molecule has 1 fully saturated rings. The minimum Gasteiger partial charge on any atom is -0.338 e. The van der Waals surface area contributed by atoms with E-state index in [0.29, 0.717) is 22.9 Å². The second kappa shape index (κ2) is 7.52. The molecule has 3 heterocycles. The van der Waals surface area contributed by atoms with Crippen LogP contribution in [0, 0.1) is 0 Å². The highest BCUT2D eigenvalue weighted by Crippen LogP contribution is 2.33. The molecule has 0 spiro atoms. The summed E-state index contributed by atoms with van der Waals surface area (Å²) in [7, 11) is 0. The molecule has 0 atom stereocenters. The number of para-hydroxylation sites is 1. The Hall–Kier alpha value is -2.45. The van der Waals surface area contributed by atoms with E-state index in [1.54, 1.807) is 11.3 Å². The molecule has 0 saturated heterocycles. The number of hydrogen-bond donors (Lipinski definition) is 0. The molecular weight excluding hydrogens is 392 g/mol. The average molecular weight is 411 g/mol. The first-order chi connectivity index (χ1) is 13.8. The molecule has 0 unspecified atom stereocenters. The first-order valence-electron chi connectivity index (χ1n) is 9.30. The number of rotatable bonds is 5. The van der Waals surface area contributed by atoms with Crippen molar-refractivity contribution >= 4 is 34.0 Å². The molecule has 0 amide bonds. The van der Waals surface area contributed by atoms with E-state index >= 15 is 0 Å². The van der Waals surface area contributed by atoms with Crippen LogP contribution in [-0.4, -0.2) is 19.7 Å². The molecule has 0 aliphatic heterocycles.